The fraction of sp³-hybridized carbons (Fsp3) is 0.238. The number of carbonyl (C=O) groups excluding carboxylic acids is 1. The zero-order chi connectivity index (χ0) is 21.5. The van der Waals surface area contributed by atoms with E-state index in [2.05, 4.69) is 20.6 Å². The Kier molecular flexibility index (Phi) is 4.70. The Labute approximate surface area is 176 Å². The Bertz CT molecular complexity index is 1140. The van der Waals surface area contributed by atoms with Crippen LogP contribution in [0.25, 0.3) is 5.69 Å². The minimum atomic E-state index is -1.06. The van der Waals surface area contributed by atoms with Gasteiger partial charge < -0.3 is 26.0 Å². The number of carbonyl (C=O) groups is 1. The van der Waals surface area contributed by atoms with Gasteiger partial charge in [-0.05, 0) is 36.4 Å². The molecule has 0 saturated carbocycles. The first-order chi connectivity index (χ1) is 15.0. The van der Waals surface area contributed by atoms with Gasteiger partial charge in [0.2, 0.25) is 5.82 Å². The summed E-state index contributed by atoms with van der Waals surface area (Å²) in [6, 6.07) is 10.6. The molecule has 1 aromatic heterocycles. The van der Waals surface area contributed by atoms with Crippen molar-refractivity contribution in [2.45, 2.75) is 6.04 Å². The normalized spacial score (nSPS) is 15.7. The number of nitrogens with zero attached hydrogens (tertiary/aromatic N) is 3. The number of fused-ring (bicyclic) bond motifs is 1. The Morgan fingerprint density at radius 2 is 1.94 bits per heavy atom. The van der Waals surface area contributed by atoms with Crippen LogP contribution >= 0.6 is 0 Å². The lowest BCUT2D eigenvalue weighted by Gasteiger charge is -2.40. The highest BCUT2D eigenvalue weighted by molar-refractivity contribution is 6.00. The molecular formula is C21H20F2N6O2. The number of nitrogens with two attached hydrogens (primary N) is 1. The van der Waals surface area contributed by atoms with Crippen molar-refractivity contribution in [1.82, 2.24) is 15.1 Å². The van der Waals surface area contributed by atoms with Gasteiger partial charge in [-0.15, -0.1) is 5.10 Å². The van der Waals surface area contributed by atoms with E-state index in [9.17, 15) is 13.6 Å². The molecule has 0 aliphatic carbocycles. The smallest absolute Gasteiger partial charge is 0.269 e. The molecule has 0 spiro atoms. The number of nitrogens with one attached hydrogen (secondary N) is 2. The van der Waals surface area contributed by atoms with Crippen LogP contribution in [0.1, 0.15) is 10.5 Å². The molecule has 0 atom stereocenters. The quantitative estimate of drug-likeness (QED) is 0.579. The van der Waals surface area contributed by atoms with Crippen LogP contribution in [-0.4, -0.2) is 47.9 Å². The first-order valence-corrected chi connectivity index (χ1v) is 9.89. The molecule has 1 saturated heterocycles. The maximum atomic E-state index is 13.9. The van der Waals surface area contributed by atoms with Gasteiger partial charge in [-0.1, -0.05) is 6.07 Å². The molecule has 160 valence electrons. The molecule has 1 fully saturated rings. The van der Waals surface area contributed by atoms with Crippen LogP contribution in [0.5, 0.6) is 11.5 Å². The van der Waals surface area contributed by atoms with E-state index in [-0.39, 0.29) is 11.4 Å². The third-order valence-corrected chi connectivity index (χ3v) is 5.45. The van der Waals surface area contributed by atoms with E-state index in [0.717, 1.165) is 25.7 Å². The van der Waals surface area contributed by atoms with Crippen molar-refractivity contribution in [3.8, 4) is 17.2 Å². The molecule has 10 heteroatoms. The first kappa shape index (κ1) is 19.3. The van der Waals surface area contributed by atoms with E-state index in [0.29, 0.717) is 35.5 Å². The topological polar surface area (TPSA) is 97.4 Å². The molecule has 0 unspecified atom stereocenters. The van der Waals surface area contributed by atoms with E-state index in [1.54, 1.807) is 24.3 Å². The monoisotopic (exact) mass is 426 g/mol. The van der Waals surface area contributed by atoms with Crippen molar-refractivity contribution in [3.63, 3.8) is 0 Å². The van der Waals surface area contributed by atoms with Crippen LogP contribution in [-0.2, 0) is 0 Å². The van der Waals surface area contributed by atoms with Crippen LogP contribution in [0.2, 0.25) is 0 Å². The number of halogens is 2. The Balaban J connectivity index is 1.48. The van der Waals surface area contributed by atoms with E-state index in [1.807, 2.05) is 0 Å². The molecule has 31 heavy (non-hydrogen) atoms. The fourth-order valence-electron chi connectivity index (χ4n) is 3.79. The molecule has 4 N–H and O–H groups in total. The van der Waals surface area contributed by atoms with Gasteiger partial charge in [-0.2, -0.15) is 4.39 Å². The first-order valence-electron chi connectivity index (χ1n) is 9.89. The van der Waals surface area contributed by atoms with Crippen molar-refractivity contribution >= 4 is 17.4 Å². The molecule has 2 aliphatic rings. The second kappa shape index (κ2) is 7.55. The predicted molar refractivity (Wildman–Crippen MR) is 111 cm³/mol. The highest BCUT2D eigenvalue weighted by Crippen LogP contribution is 2.35. The van der Waals surface area contributed by atoms with Gasteiger partial charge in [-0.3, -0.25) is 4.79 Å². The Morgan fingerprint density at radius 1 is 1.16 bits per heavy atom. The Morgan fingerprint density at radius 3 is 2.61 bits per heavy atom. The lowest BCUT2D eigenvalue weighted by atomic mass is 10.1. The number of aromatic nitrogens is 2. The van der Waals surface area contributed by atoms with Gasteiger partial charge in [0.15, 0.2) is 23.1 Å². The number of amides is 1. The van der Waals surface area contributed by atoms with Crippen LogP contribution in [0.3, 0.4) is 0 Å². The summed E-state index contributed by atoms with van der Waals surface area (Å²) in [6.07, 6.45) is 0. The molecule has 3 heterocycles. The molecule has 2 aliphatic heterocycles. The summed E-state index contributed by atoms with van der Waals surface area (Å²) < 4.78 is 34.2. The van der Waals surface area contributed by atoms with Gasteiger partial charge in [0.1, 0.15) is 11.4 Å². The lowest BCUT2D eigenvalue weighted by molar-refractivity contribution is 0.0993. The van der Waals surface area contributed by atoms with Crippen molar-refractivity contribution in [3.05, 3.63) is 59.8 Å². The molecule has 3 aromatic rings. The van der Waals surface area contributed by atoms with Gasteiger partial charge >= 0.3 is 0 Å². The van der Waals surface area contributed by atoms with Gasteiger partial charge in [0.25, 0.3) is 5.91 Å². The van der Waals surface area contributed by atoms with Crippen molar-refractivity contribution in [1.29, 1.82) is 0 Å². The number of hydrogen-bond donors (Lipinski definition) is 3. The molecule has 5 rings (SSSR count). The van der Waals surface area contributed by atoms with Gasteiger partial charge in [0.05, 0.1) is 11.7 Å². The summed E-state index contributed by atoms with van der Waals surface area (Å²) in [7, 11) is 0. The predicted octanol–water partition coefficient (Wildman–Crippen LogP) is 2.25. The van der Waals surface area contributed by atoms with E-state index in [1.165, 1.54) is 16.8 Å². The maximum Gasteiger partial charge on any atom is 0.269 e. The molecule has 2 aromatic carbocycles. The highest BCUT2D eigenvalue weighted by Gasteiger charge is 2.34. The van der Waals surface area contributed by atoms with Gasteiger partial charge in [0, 0.05) is 26.2 Å². The van der Waals surface area contributed by atoms with Crippen LogP contribution in [0.4, 0.5) is 20.3 Å². The van der Waals surface area contributed by atoms with E-state index < -0.39 is 17.5 Å². The molecule has 1 amide bonds. The van der Waals surface area contributed by atoms with Crippen molar-refractivity contribution in [2.75, 3.05) is 36.4 Å². The van der Waals surface area contributed by atoms with E-state index >= 15 is 0 Å². The standard InChI is InChI=1S/C21H20F2N6O2/c22-15-2-1-3-16(17(15)23)31-14-6-4-12(5-7-14)29-19(20(24)30)18-21(27-29)28(9-8-26-18)13-10-25-11-13/h1-7,13,25-26H,8-11H2,(H2,24,30). The van der Waals surface area contributed by atoms with Crippen LogP contribution in [0, 0.1) is 11.6 Å². The average molecular weight is 426 g/mol. The summed E-state index contributed by atoms with van der Waals surface area (Å²) in [5, 5.41) is 11.2. The summed E-state index contributed by atoms with van der Waals surface area (Å²) in [5.41, 5.74) is 7.14. The lowest BCUT2D eigenvalue weighted by Crippen LogP contribution is -2.59. The largest absolute Gasteiger partial charge is 0.454 e. The summed E-state index contributed by atoms with van der Waals surface area (Å²) >= 11 is 0. The van der Waals surface area contributed by atoms with Crippen LogP contribution < -0.4 is 26.0 Å². The minimum Gasteiger partial charge on any atom is -0.454 e. The summed E-state index contributed by atoms with van der Waals surface area (Å²) in [6.45, 7) is 3.18. The third-order valence-electron chi connectivity index (χ3n) is 5.45. The fourth-order valence-corrected chi connectivity index (χ4v) is 3.79. The minimum absolute atomic E-state index is 0.214. The summed E-state index contributed by atoms with van der Waals surface area (Å²) in [5.74, 6) is -1.86. The van der Waals surface area contributed by atoms with Crippen molar-refractivity contribution in [2.24, 2.45) is 5.73 Å². The van der Waals surface area contributed by atoms with Gasteiger partial charge in [-0.25, -0.2) is 9.07 Å². The number of anilines is 2. The zero-order valence-corrected chi connectivity index (χ0v) is 16.4. The third kappa shape index (κ3) is 3.34. The Hall–Kier alpha value is -3.66. The number of hydrogen-bond acceptors (Lipinski definition) is 6. The van der Waals surface area contributed by atoms with E-state index in [4.69, 9.17) is 10.5 Å². The average Bonchev–Trinajstić information content (AvgIpc) is 3.11. The number of rotatable bonds is 5. The number of primary amides is 1. The molecular weight excluding hydrogens is 406 g/mol. The highest BCUT2D eigenvalue weighted by atomic mass is 19.2. The van der Waals surface area contributed by atoms with Crippen molar-refractivity contribution < 1.29 is 18.3 Å². The summed E-state index contributed by atoms with van der Waals surface area (Å²) in [4.78, 5) is 14.4. The SMILES string of the molecule is NC(=O)c1c2c(nn1-c1ccc(Oc3cccc(F)c3F)cc1)N(C1CNC1)CCN2. The second-order valence-corrected chi connectivity index (χ2v) is 7.40. The number of ether oxygens (including phenoxy) is 1. The zero-order valence-electron chi connectivity index (χ0n) is 16.4. The molecule has 0 radical (unpaired) electrons. The molecule has 0 bridgehead atoms. The van der Waals surface area contributed by atoms with Crippen LogP contribution in [0.15, 0.2) is 42.5 Å². The molecule has 8 nitrogen and oxygen atoms in total. The maximum absolute atomic E-state index is 13.9. The number of benzene rings is 2. The second-order valence-electron chi connectivity index (χ2n) is 7.40.